The fourth-order valence-electron chi connectivity index (χ4n) is 2.77. The molecule has 1 saturated heterocycles. The van der Waals surface area contributed by atoms with Crippen molar-refractivity contribution in [1.82, 2.24) is 10.2 Å². The maximum Gasteiger partial charge on any atom is 0.289 e. The fraction of sp³-hybridized carbons (Fsp3) is 0.600. The second kappa shape index (κ2) is 7.70. The number of hydrogen-bond donors (Lipinski definition) is 2. The van der Waals surface area contributed by atoms with Crippen LogP contribution in [0.5, 0.6) is 5.75 Å². The molecule has 2 rings (SSSR count). The molecule has 0 aromatic heterocycles. The monoisotopic (exact) mass is 352 g/mol. The van der Waals surface area contributed by atoms with Gasteiger partial charge < -0.3 is 15.2 Å². The Bertz CT molecular complexity index is 516. The molecule has 0 aliphatic carbocycles. The molecular formula is C15H20ClF3N2O2. The molecule has 8 heteroatoms. The second-order valence-electron chi connectivity index (χ2n) is 5.35. The summed E-state index contributed by atoms with van der Waals surface area (Å²) in [6, 6.07) is 0.844. The van der Waals surface area contributed by atoms with Gasteiger partial charge in [-0.15, -0.1) is 0 Å². The minimum Gasteiger partial charge on any atom is -0.489 e. The summed E-state index contributed by atoms with van der Waals surface area (Å²) >= 11 is 5.99. The summed E-state index contributed by atoms with van der Waals surface area (Å²) in [5.41, 5.74) is 0.0249. The summed E-state index contributed by atoms with van der Waals surface area (Å²) < 4.78 is 47.8. The Morgan fingerprint density at radius 3 is 2.57 bits per heavy atom. The molecule has 1 fully saturated rings. The molecule has 1 aromatic rings. The van der Waals surface area contributed by atoms with Gasteiger partial charge in [0, 0.05) is 26.2 Å². The zero-order valence-electron chi connectivity index (χ0n) is 12.8. The number of nitrogens with zero attached hydrogens (tertiary/aromatic N) is 1. The zero-order valence-corrected chi connectivity index (χ0v) is 13.5. The Morgan fingerprint density at radius 1 is 1.39 bits per heavy atom. The average Bonchev–Trinajstić information content (AvgIpc) is 2.52. The van der Waals surface area contributed by atoms with Gasteiger partial charge in [-0.05, 0) is 24.6 Å². The molecule has 0 bridgehead atoms. The molecule has 1 aromatic carbocycles. The van der Waals surface area contributed by atoms with Gasteiger partial charge in [-0.25, -0.2) is 13.2 Å². The van der Waals surface area contributed by atoms with Crippen molar-refractivity contribution in [3.63, 3.8) is 0 Å². The van der Waals surface area contributed by atoms with Crippen LogP contribution in [0.2, 0.25) is 5.02 Å². The first-order valence-electron chi connectivity index (χ1n) is 7.46. The molecule has 1 atom stereocenters. The Morgan fingerprint density at radius 2 is 2.04 bits per heavy atom. The molecule has 1 aliphatic rings. The van der Waals surface area contributed by atoms with E-state index in [1.165, 1.54) is 11.0 Å². The van der Waals surface area contributed by atoms with Crippen molar-refractivity contribution in [2.24, 2.45) is 0 Å². The Hall–Kier alpha value is -1.02. The van der Waals surface area contributed by atoms with Gasteiger partial charge in [-0.1, -0.05) is 11.6 Å². The van der Waals surface area contributed by atoms with Crippen LogP contribution in [0, 0.1) is 5.82 Å². The van der Waals surface area contributed by atoms with E-state index in [9.17, 15) is 13.2 Å². The standard InChI is InChI=1S/C15H20ClF3N2O2/c1-2-23-13-11(16)7-10(8-12(13)17)14(15(18,19)9-22)21-5-3-20-4-6-21/h7-8,14,20,22H,2-6,9H2,1H3/t14-/m1/s1. The largest absolute Gasteiger partial charge is 0.489 e. The number of rotatable bonds is 6. The van der Waals surface area contributed by atoms with Gasteiger partial charge in [0.25, 0.3) is 5.92 Å². The van der Waals surface area contributed by atoms with Crippen LogP contribution in [0.15, 0.2) is 12.1 Å². The average molecular weight is 353 g/mol. The molecule has 0 amide bonds. The van der Waals surface area contributed by atoms with Crippen LogP contribution < -0.4 is 10.1 Å². The number of aliphatic hydroxyl groups is 1. The molecule has 0 unspecified atom stereocenters. The summed E-state index contributed by atoms with van der Waals surface area (Å²) in [5, 5.41) is 12.1. The Labute approximate surface area is 138 Å². The summed E-state index contributed by atoms with van der Waals surface area (Å²) in [6.07, 6.45) is 0. The SMILES string of the molecule is CCOc1c(F)cc([C@@H](N2CCNCC2)C(F)(F)CO)cc1Cl. The van der Waals surface area contributed by atoms with Crippen molar-refractivity contribution in [2.45, 2.75) is 18.9 Å². The topological polar surface area (TPSA) is 44.7 Å². The minimum atomic E-state index is -3.42. The van der Waals surface area contributed by atoms with E-state index in [0.717, 1.165) is 6.07 Å². The van der Waals surface area contributed by atoms with Crippen molar-refractivity contribution in [3.05, 3.63) is 28.5 Å². The van der Waals surface area contributed by atoms with E-state index in [-0.39, 0.29) is 22.9 Å². The highest BCUT2D eigenvalue weighted by atomic mass is 35.5. The Balaban J connectivity index is 2.42. The first-order chi connectivity index (χ1) is 10.9. The third-order valence-corrected chi connectivity index (χ3v) is 4.03. The summed E-state index contributed by atoms with van der Waals surface area (Å²) in [4.78, 5) is 1.53. The van der Waals surface area contributed by atoms with Gasteiger partial charge in [-0.2, -0.15) is 0 Å². The molecule has 23 heavy (non-hydrogen) atoms. The van der Waals surface area contributed by atoms with Gasteiger partial charge in [0.05, 0.1) is 11.6 Å². The number of hydrogen-bond acceptors (Lipinski definition) is 4. The van der Waals surface area contributed by atoms with Crippen molar-refractivity contribution >= 4 is 11.6 Å². The number of aliphatic hydroxyl groups excluding tert-OH is 1. The quantitative estimate of drug-likeness (QED) is 0.825. The third kappa shape index (κ3) is 4.09. The third-order valence-electron chi connectivity index (χ3n) is 3.75. The van der Waals surface area contributed by atoms with Gasteiger partial charge >= 0.3 is 0 Å². The maximum atomic E-state index is 14.3. The smallest absolute Gasteiger partial charge is 0.289 e. The number of piperazine rings is 1. The second-order valence-corrected chi connectivity index (χ2v) is 5.76. The highest BCUT2D eigenvalue weighted by molar-refractivity contribution is 6.32. The van der Waals surface area contributed by atoms with E-state index in [1.807, 2.05) is 0 Å². The summed E-state index contributed by atoms with van der Waals surface area (Å²) in [6.45, 7) is 2.39. The van der Waals surface area contributed by atoms with E-state index in [1.54, 1.807) is 6.92 Å². The van der Waals surface area contributed by atoms with E-state index in [2.05, 4.69) is 5.32 Å². The predicted molar refractivity (Wildman–Crippen MR) is 81.8 cm³/mol. The van der Waals surface area contributed by atoms with E-state index in [4.69, 9.17) is 21.4 Å². The van der Waals surface area contributed by atoms with Gasteiger partial charge in [0.2, 0.25) is 0 Å². The van der Waals surface area contributed by atoms with Crippen molar-refractivity contribution in [1.29, 1.82) is 0 Å². The van der Waals surface area contributed by atoms with Crippen LogP contribution in [0.25, 0.3) is 0 Å². The summed E-state index contributed by atoms with van der Waals surface area (Å²) in [7, 11) is 0. The lowest BCUT2D eigenvalue weighted by Gasteiger charge is -2.38. The molecule has 1 aliphatic heterocycles. The van der Waals surface area contributed by atoms with Crippen LogP contribution in [-0.4, -0.2) is 55.3 Å². The number of nitrogens with one attached hydrogen (secondary N) is 1. The highest BCUT2D eigenvalue weighted by Crippen LogP contribution is 2.40. The number of alkyl halides is 2. The molecule has 0 spiro atoms. The Kier molecular flexibility index (Phi) is 6.13. The first-order valence-corrected chi connectivity index (χ1v) is 7.83. The van der Waals surface area contributed by atoms with Gasteiger partial charge in [0.1, 0.15) is 12.6 Å². The molecule has 0 radical (unpaired) electrons. The lowest BCUT2D eigenvalue weighted by molar-refractivity contribution is -0.118. The van der Waals surface area contributed by atoms with Crippen molar-refractivity contribution < 1.29 is 23.0 Å². The van der Waals surface area contributed by atoms with Gasteiger partial charge in [-0.3, -0.25) is 4.90 Å². The minimum absolute atomic E-state index is 0.0249. The highest BCUT2D eigenvalue weighted by Gasteiger charge is 2.44. The van der Waals surface area contributed by atoms with Crippen LogP contribution in [0.4, 0.5) is 13.2 Å². The zero-order chi connectivity index (χ0) is 17.0. The molecule has 1 heterocycles. The van der Waals surface area contributed by atoms with Crippen LogP contribution in [0.3, 0.4) is 0 Å². The van der Waals surface area contributed by atoms with Crippen molar-refractivity contribution in [2.75, 3.05) is 39.4 Å². The van der Waals surface area contributed by atoms with Crippen molar-refractivity contribution in [3.8, 4) is 5.75 Å². The molecule has 2 N–H and O–H groups in total. The predicted octanol–water partition coefficient (Wildman–Crippen LogP) is 2.45. The fourth-order valence-corrected chi connectivity index (χ4v) is 3.04. The van der Waals surface area contributed by atoms with Crippen LogP contribution >= 0.6 is 11.6 Å². The first kappa shape index (κ1) is 18.3. The van der Waals surface area contributed by atoms with Crippen LogP contribution in [0.1, 0.15) is 18.5 Å². The van der Waals surface area contributed by atoms with E-state index < -0.39 is 24.4 Å². The van der Waals surface area contributed by atoms with Crippen LogP contribution in [-0.2, 0) is 0 Å². The van der Waals surface area contributed by atoms with E-state index in [0.29, 0.717) is 26.2 Å². The van der Waals surface area contributed by atoms with E-state index >= 15 is 0 Å². The normalized spacial score (nSPS) is 18.0. The molecular weight excluding hydrogens is 333 g/mol. The lowest BCUT2D eigenvalue weighted by atomic mass is 9.98. The number of halogens is 4. The molecule has 4 nitrogen and oxygen atoms in total. The summed E-state index contributed by atoms with van der Waals surface area (Å²) in [5.74, 6) is -4.35. The van der Waals surface area contributed by atoms with Gasteiger partial charge in [0.15, 0.2) is 11.6 Å². The number of ether oxygens (including phenoxy) is 1. The maximum absolute atomic E-state index is 14.3. The molecule has 0 saturated carbocycles. The molecule has 130 valence electrons. The number of benzene rings is 1. The lowest BCUT2D eigenvalue weighted by Crippen LogP contribution is -2.51.